The van der Waals surface area contributed by atoms with E-state index in [0.29, 0.717) is 0 Å². The number of nitrogens with one attached hydrogen (secondary N) is 1. The zero-order valence-electron chi connectivity index (χ0n) is 13.0. The van der Waals surface area contributed by atoms with Crippen molar-refractivity contribution in [2.75, 3.05) is 0 Å². The van der Waals surface area contributed by atoms with Crippen molar-refractivity contribution in [3.8, 4) is 0 Å². The summed E-state index contributed by atoms with van der Waals surface area (Å²) in [5.74, 6) is -31.9. The molecule has 0 aliphatic heterocycles. The first-order chi connectivity index (χ1) is 13.0. The molecule has 0 heterocycles. The zero-order valence-corrected chi connectivity index (χ0v) is 13.8. The lowest BCUT2D eigenvalue weighted by molar-refractivity contribution is -0.430. The Morgan fingerprint density at radius 2 is 0.839 bits per heavy atom. The third kappa shape index (κ3) is 4.49. The number of alkyl halides is 18. The van der Waals surface area contributed by atoms with Gasteiger partial charge < -0.3 is 0 Å². The molecule has 0 saturated carbocycles. The van der Waals surface area contributed by atoms with Crippen LogP contribution in [0.2, 0.25) is 0 Å². The smallest absolute Gasteiger partial charge is 0.292 e. The molecule has 0 spiro atoms. The van der Waals surface area contributed by atoms with Gasteiger partial charge in [-0.25, -0.2) is 4.21 Å². The summed E-state index contributed by atoms with van der Waals surface area (Å²) in [7, 11) is 0. The molecule has 0 aliphatic carbocycles. The van der Waals surface area contributed by atoms with Crippen molar-refractivity contribution in [2.45, 2.75) is 48.1 Å². The normalized spacial score (nSPS) is 17.3. The second-order valence-corrected chi connectivity index (χ2v) is 5.87. The molecule has 23 heteroatoms. The minimum atomic E-state index is -8.08. The third-order valence-corrected chi connectivity index (χ3v) is 3.56. The van der Waals surface area contributed by atoms with Crippen LogP contribution < -0.4 is 5.43 Å². The predicted octanol–water partition coefficient (Wildman–Crippen LogP) is 4.78. The van der Waals surface area contributed by atoms with Gasteiger partial charge in [-0.3, -0.25) is 4.55 Å². The third-order valence-electron chi connectivity index (χ3n) is 2.93. The van der Waals surface area contributed by atoms with Crippen molar-refractivity contribution in [3.05, 3.63) is 0 Å². The number of nitrogens with zero attached hydrogens (tertiary/aromatic N) is 1. The predicted molar refractivity (Wildman–Crippen MR) is 57.5 cm³/mol. The van der Waals surface area contributed by atoms with E-state index < -0.39 is 69.2 Å². The first-order valence-corrected chi connectivity index (χ1v) is 7.19. The summed E-state index contributed by atoms with van der Waals surface area (Å²) < 4.78 is 242. The maximum atomic E-state index is 13.4. The Morgan fingerprint density at radius 1 is 0.548 bits per heavy atom. The lowest BCUT2D eigenvalue weighted by Gasteiger charge is -2.40. The van der Waals surface area contributed by atoms with Crippen molar-refractivity contribution in [1.29, 1.82) is 0 Å². The van der Waals surface area contributed by atoms with E-state index >= 15 is 0 Å². The Morgan fingerprint density at radius 3 is 1.10 bits per heavy atom. The molecule has 0 aromatic carbocycles. The van der Waals surface area contributed by atoms with Crippen molar-refractivity contribution in [3.63, 3.8) is 0 Å². The van der Waals surface area contributed by atoms with E-state index in [2.05, 4.69) is 0 Å². The summed E-state index contributed by atoms with van der Waals surface area (Å²) in [5.41, 5.74) is -1.43. The minimum absolute atomic E-state index is 1.43. The number of halogens is 18. The molecule has 4 nitrogen and oxygen atoms in total. The number of hydrazine groups is 1. The second-order valence-electron chi connectivity index (χ2n) is 5.05. The number of hydrogen-bond donors (Lipinski definition) is 2. The molecule has 0 rings (SSSR count). The van der Waals surface area contributed by atoms with Gasteiger partial charge in [0.15, 0.2) is 0 Å². The van der Waals surface area contributed by atoms with Gasteiger partial charge in [-0.05, 0) is 0 Å². The summed E-state index contributed by atoms with van der Waals surface area (Å²) >= 11 is -5.46. The fraction of sp³-hybridized carbons (Fsp3) is 1.00. The highest BCUT2D eigenvalue weighted by atomic mass is 32.2. The Bertz CT molecular complexity index is 683. The van der Waals surface area contributed by atoms with Gasteiger partial charge in [-0.1, -0.05) is 4.41 Å². The molecular weight excluding hydrogens is 530 g/mol. The first-order valence-electron chi connectivity index (χ1n) is 6.13. The van der Waals surface area contributed by atoms with E-state index in [9.17, 15) is 83.2 Å². The highest BCUT2D eigenvalue weighted by molar-refractivity contribution is 7.76. The van der Waals surface area contributed by atoms with Gasteiger partial charge in [0, 0.05) is 0 Å². The highest BCUT2D eigenvalue weighted by Gasteiger charge is 2.86. The van der Waals surface area contributed by atoms with Crippen LogP contribution in [0.25, 0.3) is 0 Å². The lowest BCUT2D eigenvalue weighted by atomic mass is 10.1. The summed E-state index contributed by atoms with van der Waals surface area (Å²) in [6.45, 7) is 0. The minimum Gasteiger partial charge on any atom is -0.292 e. The number of rotatable bonds is 8. The molecule has 0 fully saturated rings. The zero-order chi connectivity index (χ0) is 25.9. The van der Waals surface area contributed by atoms with Gasteiger partial charge in [0.05, 0.1) is 0 Å². The fourth-order valence-electron chi connectivity index (χ4n) is 1.27. The van der Waals surface area contributed by atoms with Gasteiger partial charge >= 0.3 is 48.1 Å². The van der Waals surface area contributed by atoms with E-state index in [4.69, 9.17) is 4.55 Å². The quantitative estimate of drug-likeness (QED) is 0.205. The van der Waals surface area contributed by atoms with Crippen LogP contribution >= 0.6 is 0 Å². The molecule has 2 N–H and O–H groups in total. The van der Waals surface area contributed by atoms with Gasteiger partial charge in [-0.15, -0.1) is 0 Å². The highest BCUT2D eigenvalue weighted by Crippen LogP contribution is 2.56. The van der Waals surface area contributed by atoms with Gasteiger partial charge in [0.1, 0.15) is 0 Å². The molecule has 1 unspecified atom stereocenters. The van der Waals surface area contributed by atoms with Gasteiger partial charge in [-0.2, -0.15) is 84.5 Å². The standard InChI is InChI=1S/C8H2F18N2O2S/c9-1(10,5(17,18)19)3(13,14)7(23,24)27-28(31(29)30)8(25,26)4(15,16)2(11,12)6(20,21)22/h27H,(H,29,30). The monoisotopic (exact) mass is 532 g/mol. The maximum Gasteiger partial charge on any atom is 0.460 e. The van der Waals surface area contributed by atoms with Crippen molar-refractivity contribution in [1.82, 2.24) is 9.84 Å². The van der Waals surface area contributed by atoms with Crippen molar-refractivity contribution in [2.24, 2.45) is 0 Å². The van der Waals surface area contributed by atoms with Crippen LogP contribution in [0.1, 0.15) is 0 Å². The Kier molecular flexibility index (Phi) is 7.37. The Labute approximate surface area is 158 Å². The Balaban J connectivity index is 6.56. The van der Waals surface area contributed by atoms with Crippen LogP contribution in [0, 0.1) is 0 Å². The molecule has 1 atom stereocenters. The summed E-state index contributed by atoms with van der Waals surface area (Å²) in [5, 5.41) is 0. The molecule has 0 aromatic rings. The van der Waals surface area contributed by atoms with Crippen LogP contribution in [-0.2, 0) is 11.3 Å². The van der Waals surface area contributed by atoms with E-state index in [-0.39, 0.29) is 0 Å². The molecule has 0 aromatic heterocycles. The molecule has 0 amide bonds. The topological polar surface area (TPSA) is 52.6 Å². The van der Waals surface area contributed by atoms with E-state index in [1.807, 2.05) is 0 Å². The maximum absolute atomic E-state index is 13.4. The van der Waals surface area contributed by atoms with Gasteiger partial charge in [0.2, 0.25) is 0 Å². The second kappa shape index (κ2) is 7.67. The van der Waals surface area contributed by atoms with Gasteiger partial charge in [0.25, 0.3) is 11.3 Å². The summed E-state index contributed by atoms with van der Waals surface area (Å²) in [6, 6.07) is -15.4. The van der Waals surface area contributed by atoms with E-state index in [1.54, 1.807) is 0 Å². The molecule has 0 aliphatic rings. The molecule has 188 valence electrons. The molecule has 0 radical (unpaired) electrons. The number of hydrogen-bond acceptors (Lipinski definition) is 2. The summed E-state index contributed by atoms with van der Waals surface area (Å²) in [4.78, 5) is 0. The fourth-order valence-corrected chi connectivity index (χ4v) is 1.78. The Hall–Kier alpha value is -1.23. The molecular formula is C8H2F18N2O2S. The van der Waals surface area contributed by atoms with Crippen molar-refractivity contribution >= 4 is 11.3 Å². The van der Waals surface area contributed by atoms with Crippen LogP contribution in [0.4, 0.5) is 79.0 Å². The lowest BCUT2D eigenvalue weighted by Crippen LogP contribution is -2.74. The van der Waals surface area contributed by atoms with Crippen LogP contribution in [0.3, 0.4) is 0 Å². The first kappa shape index (κ1) is 29.8. The molecule has 0 saturated heterocycles. The average Bonchev–Trinajstić information content (AvgIpc) is 2.49. The van der Waals surface area contributed by atoms with E-state index in [0.717, 1.165) is 0 Å². The SMILES string of the molecule is O=S(O)N(NC(F)(F)C(F)(F)C(F)(F)C(F)(F)F)C(F)(F)C(F)(F)C(F)(F)C(F)(F)F. The van der Waals surface area contributed by atoms with Crippen molar-refractivity contribution < 1.29 is 87.8 Å². The molecule has 31 heavy (non-hydrogen) atoms. The largest absolute Gasteiger partial charge is 0.460 e. The van der Waals surface area contributed by atoms with E-state index in [1.165, 1.54) is 0 Å². The average molecular weight is 532 g/mol. The van der Waals surface area contributed by atoms with Crippen LogP contribution in [0.15, 0.2) is 0 Å². The van der Waals surface area contributed by atoms with Crippen LogP contribution in [0.5, 0.6) is 0 Å². The van der Waals surface area contributed by atoms with Crippen LogP contribution in [-0.4, -0.2) is 61.3 Å². The molecule has 0 bridgehead atoms. The summed E-state index contributed by atoms with van der Waals surface area (Å²) in [6.07, 6.45) is -15.3.